The highest BCUT2D eigenvalue weighted by Crippen LogP contribution is 2.31. The number of nitro groups is 1. The minimum Gasteiger partial charge on any atom is -0.497 e. The number of benzene rings is 2. The molecule has 3 rings (SSSR count). The van der Waals surface area contributed by atoms with Gasteiger partial charge in [-0.1, -0.05) is 12.1 Å². The highest BCUT2D eigenvalue weighted by atomic mass is 16.6. The van der Waals surface area contributed by atoms with Gasteiger partial charge in [0.1, 0.15) is 12.0 Å². The fourth-order valence-corrected chi connectivity index (χ4v) is 2.46. The first-order valence-electron chi connectivity index (χ1n) is 6.94. The molecule has 2 atom stereocenters. The van der Waals surface area contributed by atoms with Crippen molar-refractivity contribution in [2.45, 2.75) is 12.3 Å². The van der Waals surface area contributed by atoms with Crippen LogP contribution in [-0.4, -0.2) is 18.6 Å². The Kier molecular flexibility index (Phi) is 4.04. The number of nitrogens with one attached hydrogen (secondary N) is 1. The molecule has 114 valence electrons. The molecule has 2 unspecified atom stereocenters. The molecule has 0 aromatic heterocycles. The molecule has 0 spiro atoms. The highest BCUT2D eigenvalue weighted by Gasteiger charge is 2.27. The lowest BCUT2D eigenvalue weighted by molar-refractivity contribution is -0.384. The second-order valence-corrected chi connectivity index (χ2v) is 5.03. The van der Waals surface area contributed by atoms with Gasteiger partial charge >= 0.3 is 0 Å². The van der Waals surface area contributed by atoms with E-state index >= 15 is 0 Å². The number of nitrogens with zero attached hydrogens (tertiary/aromatic N) is 1. The van der Waals surface area contributed by atoms with E-state index in [0.29, 0.717) is 6.54 Å². The predicted octanol–water partition coefficient (Wildman–Crippen LogP) is 2.96. The Bertz CT molecular complexity index is 655. The summed E-state index contributed by atoms with van der Waals surface area (Å²) in [6.07, 6.45) is -0.306. The van der Waals surface area contributed by atoms with Gasteiger partial charge in [-0.2, -0.15) is 0 Å². The molecule has 6 heteroatoms. The molecular formula is C16H16N2O4. The van der Waals surface area contributed by atoms with Gasteiger partial charge in [0.2, 0.25) is 0 Å². The summed E-state index contributed by atoms with van der Waals surface area (Å²) in [6.45, 7) is 0.661. The maximum Gasteiger partial charge on any atom is 0.269 e. The predicted molar refractivity (Wildman–Crippen MR) is 80.7 cm³/mol. The number of hydrogen-bond acceptors (Lipinski definition) is 5. The van der Waals surface area contributed by atoms with Crippen LogP contribution in [0.25, 0.3) is 0 Å². The highest BCUT2D eigenvalue weighted by molar-refractivity contribution is 5.34. The average molecular weight is 300 g/mol. The third-order valence-corrected chi connectivity index (χ3v) is 3.68. The molecule has 0 radical (unpaired) electrons. The van der Waals surface area contributed by atoms with Crippen molar-refractivity contribution in [2.75, 3.05) is 13.7 Å². The lowest BCUT2D eigenvalue weighted by Gasteiger charge is -2.13. The minimum absolute atomic E-state index is 0.0846. The second kappa shape index (κ2) is 6.13. The summed E-state index contributed by atoms with van der Waals surface area (Å²) >= 11 is 0. The molecule has 2 aromatic carbocycles. The molecule has 0 saturated carbocycles. The molecule has 1 saturated heterocycles. The van der Waals surface area contributed by atoms with E-state index in [9.17, 15) is 10.1 Å². The summed E-state index contributed by atoms with van der Waals surface area (Å²) in [5.41, 5.74) is 2.03. The average Bonchev–Trinajstić information content (AvgIpc) is 3.05. The van der Waals surface area contributed by atoms with Crippen LogP contribution in [0.4, 0.5) is 5.69 Å². The zero-order valence-electron chi connectivity index (χ0n) is 12.1. The van der Waals surface area contributed by atoms with Crippen molar-refractivity contribution in [3.63, 3.8) is 0 Å². The fraction of sp³-hybridized carbons (Fsp3) is 0.250. The standard InChI is InChI=1S/C16H16N2O4/c1-21-14-8-4-12(5-9-14)16-17-10-15(22-16)11-2-6-13(7-3-11)18(19)20/h2-9,15-17H,10H2,1H3. The molecule has 1 fully saturated rings. The van der Waals surface area contributed by atoms with Crippen LogP contribution < -0.4 is 10.1 Å². The smallest absolute Gasteiger partial charge is 0.269 e. The molecule has 6 nitrogen and oxygen atoms in total. The van der Waals surface area contributed by atoms with Crippen molar-refractivity contribution in [3.8, 4) is 5.75 Å². The Balaban J connectivity index is 1.69. The van der Waals surface area contributed by atoms with Crippen LogP contribution in [0.5, 0.6) is 5.75 Å². The van der Waals surface area contributed by atoms with Crippen LogP contribution in [-0.2, 0) is 4.74 Å². The van der Waals surface area contributed by atoms with E-state index in [1.165, 1.54) is 12.1 Å². The summed E-state index contributed by atoms with van der Waals surface area (Å²) in [4.78, 5) is 10.3. The molecule has 0 aliphatic carbocycles. The number of ether oxygens (including phenoxy) is 2. The van der Waals surface area contributed by atoms with Gasteiger partial charge in [-0.25, -0.2) is 0 Å². The molecular weight excluding hydrogens is 284 g/mol. The summed E-state index contributed by atoms with van der Waals surface area (Å²) in [6, 6.07) is 14.2. The van der Waals surface area contributed by atoms with E-state index in [1.807, 2.05) is 24.3 Å². The SMILES string of the molecule is COc1ccc(C2NCC(c3ccc([N+](=O)[O-])cc3)O2)cc1. The lowest BCUT2D eigenvalue weighted by atomic mass is 10.1. The number of rotatable bonds is 4. The van der Waals surface area contributed by atoms with Crippen LogP contribution in [0, 0.1) is 10.1 Å². The van der Waals surface area contributed by atoms with Gasteiger partial charge in [0.25, 0.3) is 5.69 Å². The normalized spacial score (nSPS) is 20.8. The Morgan fingerprint density at radius 2 is 1.77 bits per heavy atom. The van der Waals surface area contributed by atoms with Crippen LogP contribution in [0.1, 0.15) is 23.5 Å². The van der Waals surface area contributed by atoms with Gasteiger partial charge in [0.15, 0.2) is 0 Å². The number of methoxy groups -OCH3 is 1. The third kappa shape index (κ3) is 2.93. The van der Waals surface area contributed by atoms with Gasteiger partial charge in [-0.05, 0) is 35.4 Å². The summed E-state index contributed by atoms with van der Waals surface area (Å²) < 4.78 is 11.1. The van der Waals surface area contributed by atoms with Gasteiger partial charge in [0.05, 0.1) is 18.1 Å². The number of nitro benzene ring substituents is 1. The first kappa shape index (κ1) is 14.5. The second-order valence-electron chi connectivity index (χ2n) is 5.03. The van der Waals surface area contributed by atoms with Gasteiger partial charge in [-0.15, -0.1) is 0 Å². The Morgan fingerprint density at radius 1 is 1.14 bits per heavy atom. The molecule has 0 bridgehead atoms. The molecule has 2 aromatic rings. The van der Waals surface area contributed by atoms with E-state index in [2.05, 4.69) is 5.32 Å². The Labute approximate surface area is 127 Å². The van der Waals surface area contributed by atoms with Crippen LogP contribution in [0.2, 0.25) is 0 Å². The summed E-state index contributed by atoms with van der Waals surface area (Å²) in [5, 5.41) is 14.0. The fourth-order valence-electron chi connectivity index (χ4n) is 2.46. The molecule has 1 aliphatic heterocycles. The quantitative estimate of drug-likeness (QED) is 0.694. The van der Waals surface area contributed by atoms with Crippen molar-refractivity contribution >= 4 is 5.69 Å². The monoisotopic (exact) mass is 300 g/mol. The lowest BCUT2D eigenvalue weighted by Crippen LogP contribution is -2.13. The zero-order chi connectivity index (χ0) is 15.5. The zero-order valence-corrected chi connectivity index (χ0v) is 12.1. The number of hydrogen-bond donors (Lipinski definition) is 1. The van der Waals surface area contributed by atoms with Crippen LogP contribution >= 0.6 is 0 Å². The van der Waals surface area contributed by atoms with Gasteiger partial charge in [-0.3, -0.25) is 15.4 Å². The van der Waals surface area contributed by atoms with Crippen molar-refractivity contribution in [3.05, 3.63) is 69.8 Å². The first-order valence-corrected chi connectivity index (χ1v) is 6.94. The summed E-state index contributed by atoms with van der Waals surface area (Å²) in [5.74, 6) is 0.800. The van der Waals surface area contributed by atoms with E-state index in [1.54, 1.807) is 19.2 Å². The van der Waals surface area contributed by atoms with Crippen molar-refractivity contribution in [2.24, 2.45) is 0 Å². The molecule has 0 amide bonds. The Hall–Kier alpha value is -2.44. The van der Waals surface area contributed by atoms with Crippen molar-refractivity contribution < 1.29 is 14.4 Å². The largest absolute Gasteiger partial charge is 0.497 e. The third-order valence-electron chi connectivity index (χ3n) is 3.68. The Morgan fingerprint density at radius 3 is 2.36 bits per heavy atom. The van der Waals surface area contributed by atoms with E-state index in [0.717, 1.165) is 16.9 Å². The van der Waals surface area contributed by atoms with Crippen LogP contribution in [0.3, 0.4) is 0 Å². The number of non-ortho nitro benzene ring substituents is 1. The maximum atomic E-state index is 10.7. The van der Waals surface area contributed by atoms with Crippen molar-refractivity contribution in [1.82, 2.24) is 5.32 Å². The van der Waals surface area contributed by atoms with Crippen molar-refractivity contribution in [1.29, 1.82) is 0 Å². The van der Waals surface area contributed by atoms with E-state index in [4.69, 9.17) is 9.47 Å². The minimum atomic E-state index is -0.405. The van der Waals surface area contributed by atoms with Crippen LogP contribution in [0.15, 0.2) is 48.5 Å². The van der Waals surface area contributed by atoms with E-state index in [-0.39, 0.29) is 18.0 Å². The van der Waals surface area contributed by atoms with Gasteiger partial charge < -0.3 is 9.47 Å². The topological polar surface area (TPSA) is 73.6 Å². The van der Waals surface area contributed by atoms with Gasteiger partial charge in [0, 0.05) is 18.7 Å². The molecule has 1 aliphatic rings. The first-order chi connectivity index (χ1) is 10.7. The molecule has 1 heterocycles. The molecule has 1 N–H and O–H groups in total. The summed E-state index contributed by atoms with van der Waals surface area (Å²) in [7, 11) is 1.63. The molecule has 22 heavy (non-hydrogen) atoms. The maximum absolute atomic E-state index is 10.7. The van der Waals surface area contributed by atoms with E-state index < -0.39 is 4.92 Å².